The van der Waals surface area contributed by atoms with E-state index in [1.807, 2.05) is 6.92 Å². The lowest BCUT2D eigenvalue weighted by Crippen LogP contribution is -2.31. The van der Waals surface area contributed by atoms with Crippen LogP contribution in [0.1, 0.15) is 62.3 Å². The molecule has 0 aromatic carbocycles. The molecule has 0 spiro atoms. The van der Waals surface area contributed by atoms with Crippen LogP contribution in [0.15, 0.2) is 10.7 Å². The fourth-order valence-corrected chi connectivity index (χ4v) is 1.96. The number of aromatic nitrogens is 1. The molecule has 1 aromatic rings. The first-order chi connectivity index (χ1) is 10.1. The minimum atomic E-state index is -0.539. The first-order valence-electron chi connectivity index (χ1n) is 7.42. The van der Waals surface area contributed by atoms with Crippen LogP contribution in [-0.2, 0) is 16.1 Å². The molecule has 0 bridgehead atoms. The number of oxazole rings is 1. The van der Waals surface area contributed by atoms with Crippen LogP contribution in [0, 0.1) is 0 Å². The van der Waals surface area contributed by atoms with Gasteiger partial charge in [-0.2, -0.15) is 0 Å². The summed E-state index contributed by atoms with van der Waals surface area (Å²) in [6, 6.07) is 0. The highest BCUT2D eigenvalue weighted by Crippen LogP contribution is 2.10. The zero-order valence-electron chi connectivity index (χ0n) is 13.1. The third-order valence-electron chi connectivity index (χ3n) is 3.12. The number of esters is 1. The number of amides is 1. The van der Waals surface area contributed by atoms with Crippen molar-refractivity contribution < 1.29 is 18.7 Å². The Balaban J connectivity index is 2.68. The van der Waals surface area contributed by atoms with Crippen LogP contribution in [0.25, 0.3) is 0 Å². The largest absolute Gasteiger partial charge is 0.464 e. The van der Waals surface area contributed by atoms with E-state index in [4.69, 9.17) is 4.42 Å². The molecule has 6 nitrogen and oxygen atoms in total. The van der Waals surface area contributed by atoms with Gasteiger partial charge in [-0.1, -0.05) is 26.7 Å². The molecule has 1 amide bonds. The van der Waals surface area contributed by atoms with Gasteiger partial charge in [-0.05, 0) is 12.8 Å². The number of carbonyl (C=O) groups excluding carboxylic acids is 2. The highest BCUT2D eigenvalue weighted by atomic mass is 16.5. The highest BCUT2D eigenvalue weighted by molar-refractivity contribution is 5.86. The third kappa shape index (κ3) is 5.57. The Morgan fingerprint density at radius 3 is 2.67 bits per heavy atom. The van der Waals surface area contributed by atoms with Gasteiger partial charge in [0.05, 0.1) is 13.7 Å². The van der Waals surface area contributed by atoms with Crippen molar-refractivity contribution in [3.05, 3.63) is 17.8 Å². The van der Waals surface area contributed by atoms with Crippen LogP contribution in [0.3, 0.4) is 0 Å². The SMILES string of the molecule is CCCCCN(Cc1nc(C(=O)OC)co1)C(=O)CCC. The van der Waals surface area contributed by atoms with Crippen molar-refractivity contribution in [3.63, 3.8) is 0 Å². The molecule has 0 saturated carbocycles. The summed E-state index contributed by atoms with van der Waals surface area (Å²) in [7, 11) is 1.29. The van der Waals surface area contributed by atoms with E-state index in [1.165, 1.54) is 13.4 Å². The fraction of sp³-hybridized carbons (Fsp3) is 0.667. The molecule has 0 fully saturated rings. The van der Waals surface area contributed by atoms with Gasteiger partial charge in [0.25, 0.3) is 0 Å². The predicted molar refractivity (Wildman–Crippen MR) is 77.7 cm³/mol. The van der Waals surface area contributed by atoms with Gasteiger partial charge < -0.3 is 14.1 Å². The van der Waals surface area contributed by atoms with Crippen molar-refractivity contribution in [2.24, 2.45) is 0 Å². The van der Waals surface area contributed by atoms with E-state index in [0.717, 1.165) is 25.7 Å². The molecule has 0 unspecified atom stereocenters. The zero-order chi connectivity index (χ0) is 15.7. The average Bonchev–Trinajstić information content (AvgIpc) is 2.94. The van der Waals surface area contributed by atoms with Crippen molar-refractivity contribution in [1.29, 1.82) is 0 Å². The van der Waals surface area contributed by atoms with E-state index in [2.05, 4.69) is 16.6 Å². The molecule has 0 aliphatic carbocycles. The van der Waals surface area contributed by atoms with Gasteiger partial charge in [0.2, 0.25) is 11.8 Å². The molecule has 0 radical (unpaired) electrons. The Kier molecular flexibility index (Phi) is 7.50. The van der Waals surface area contributed by atoms with Crippen LogP contribution >= 0.6 is 0 Å². The van der Waals surface area contributed by atoms with Gasteiger partial charge in [-0.3, -0.25) is 4.79 Å². The fourth-order valence-electron chi connectivity index (χ4n) is 1.96. The molecule has 1 rings (SSSR count). The maximum atomic E-state index is 12.1. The number of nitrogens with zero attached hydrogens (tertiary/aromatic N) is 2. The molecule has 118 valence electrons. The monoisotopic (exact) mass is 296 g/mol. The van der Waals surface area contributed by atoms with E-state index < -0.39 is 5.97 Å². The molecule has 0 N–H and O–H groups in total. The van der Waals surface area contributed by atoms with Crippen LogP contribution in [0.4, 0.5) is 0 Å². The van der Waals surface area contributed by atoms with Gasteiger partial charge in [-0.15, -0.1) is 0 Å². The Labute approximate surface area is 125 Å². The second kappa shape index (κ2) is 9.15. The summed E-state index contributed by atoms with van der Waals surface area (Å²) >= 11 is 0. The first-order valence-corrected chi connectivity index (χ1v) is 7.42. The predicted octanol–water partition coefficient (Wildman–Crippen LogP) is 2.78. The van der Waals surface area contributed by atoms with Crippen LogP contribution in [-0.4, -0.2) is 35.4 Å². The van der Waals surface area contributed by atoms with Crippen molar-refractivity contribution in [1.82, 2.24) is 9.88 Å². The van der Waals surface area contributed by atoms with E-state index >= 15 is 0 Å². The lowest BCUT2D eigenvalue weighted by molar-refractivity contribution is -0.132. The van der Waals surface area contributed by atoms with Crippen molar-refractivity contribution >= 4 is 11.9 Å². The topological polar surface area (TPSA) is 72.6 Å². The van der Waals surface area contributed by atoms with Gasteiger partial charge in [-0.25, -0.2) is 9.78 Å². The number of ether oxygens (including phenoxy) is 1. The van der Waals surface area contributed by atoms with Crippen LogP contribution in [0.2, 0.25) is 0 Å². The number of unbranched alkanes of at least 4 members (excludes halogenated alkanes) is 2. The van der Waals surface area contributed by atoms with Crippen molar-refractivity contribution in [2.45, 2.75) is 52.5 Å². The molecule has 6 heteroatoms. The lowest BCUT2D eigenvalue weighted by atomic mass is 10.2. The Bertz CT molecular complexity index is 456. The van der Waals surface area contributed by atoms with Gasteiger partial charge in [0, 0.05) is 13.0 Å². The Morgan fingerprint density at radius 1 is 1.29 bits per heavy atom. The van der Waals surface area contributed by atoms with Gasteiger partial charge in [0.15, 0.2) is 5.69 Å². The first kappa shape index (κ1) is 17.2. The third-order valence-corrected chi connectivity index (χ3v) is 3.12. The summed E-state index contributed by atoms with van der Waals surface area (Å²) in [5.74, 6) is -0.0924. The molecule has 0 aliphatic rings. The Hall–Kier alpha value is -1.85. The average molecular weight is 296 g/mol. The van der Waals surface area contributed by atoms with E-state index in [-0.39, 0.29) is 11.6 Å². The van der Waals surface area contributed by atoms with Crippen LogP contribution in [0.5, 0.6) is 0 Å². The zero-order valence-corrected chi connectivity index (χ0v) is 13.1. The van der Waals surface area contributed by atoms with E-state index in [9.17, 15) is 9.59 Å². The lowest BCUT2D eigenvalue weighted by Gasteiger charge is -2.20. The molecule has 21 heavy (non-hydrogen) atoms. The molecule has 1 heterocycles. The Morgan fingerprint density at radius 2 is 2.05 bits per heavy atom. The number of methoxy groups -OCH3 is 1. The van der Waals surface area contributed by atoms with E-state index in [0.29, 0.717) is 25.4 Å². The summed E-state index contributed by atoms with van der Waals surface area (Å²) in [6.07, 6.45) is 5.71. The summed E-state index contributed by atoms with van der Waals surface area (Å²) in [5, 5.41) is 0. The number of hydrogen-bond donors (Lipinski definition) is 0. The minimum Gasteiger partial charge on any atom is -0.464 e. The normalized spacial score (nSPS) is 10.4. The number of carbonyl (C=O) groups is 2. The molecule has 0 aliphatic heterocycles. The summed E-state index contributed by atoms with van der Waals surface area (Å²) in [6.45, 7) is 5.07. The number of hydrogen-bond acceptors (Lipinski definition) is 5. The summed E-state index contributed by atoms with van der Waals surface area (Å²) < 4.78 is 9.82. The molecule has 0 saturated heterocycles. The van der Waals surface area contributed by atoms with Crippen LogP contribution < -0.4 is 0 Å². The summed E-state index contributed by atoms with van der Waals surface area (Å²) in [4.78, 5) is 29.2. The maximum Gasteiger partial charge on any atom is 0.360 e. The van der Waals surface area contributed by atoms with Crippen molar-refractivity contribution in [2.75, 3.05) is 13.7 Å². The molecule has 1 aromatic heterocycles. The van der Waals surface area contributed by atoms with Gasteiger partial charge >= 0.3 is 5.97 Å². The second-order valence-electron chi connectivity index (χ2n) is 4.89. The summed E-state index contributed by atoms with van der Waals surface area (Å²) in [5.41, 5.74) is 0.129. The molecule has 0 atom stereocenters. The van der Waals surface area contributed by atoms with Gasteiger partial charge in [0.1, 0.15) is 6.26 Å². The smallest absolute Gasteiger partial charge is 0.360 e. The standard InChI is InChI=1S/C15H24N2O4/c1-4-6-7-9-17(14(18)8-5-2)10-13-16-12(11-21-13)15(19)20-3/h11H,4-10H2,1-3H3. The number of rotatable bonds is 9. The molecular weight excluding hydrogens is 272 g/mol. The molecular formula is C15H24N2O4. The van der Waals surface area contributed by atoms with E-state index in [1.54, 1.807) is 4.90 Å². The quantitative estimate of drug-likeness (QED) is 0.517. The highest BCUT2D eigenvalue weighted by Gasteiger charge is 2.18. The maximum absolute atomic E-state index is 12.1. The minimum absolute atomic E-state index is 0.0893. The van der Waals surface area contributed by atoms with Crippen molar-refractivity contribution in [3.8, 4) is 0 Å². The second-order valence-corrected chi connectivity index (χ2v) is 4.89.